The summed E-state index contributed by atoms with van der Waals surface area (Å²) in [5.41, 5.74) is -0.0416. The average molecular weight is 280 g/mol. The number of anilines is 1. The van der Waals surface area contributed by atoms with Crippen LogP contribution in [0.15, 0.2) is 9.59 Å². The quantitative estimate of drug-likeness (QED) is 0.612. The van der Waals surface area contributed by atoms with E-state index in [0.29, 0.717) is 17.1 Å². The minimum Gasteiger partial charge on any atom is -0.356 e. The van der Waals surface area contributed by atoms with Crippen LogP contribution in [-0.4, -0.2) is 38.7 Å². The van der Waals surface area contributed by atoms with Gasteiger partial charge in [0.2, 0.25) is 5.95 Å². The summed E-state index contributed by atoms with van der Waals surface area (Å²) in [6, 6.07) is 0. The molecule has 8 heteroatoms. The maximum atomic E-state index is 12.0. The standard InChI is InChI=1S/C12H20N6O2/c1-4-13-6-5-7-14-11-15-8-9(16-11)17(2)12(20)18(3)10(8)19/h13H,4-7H2,1-3H3,(H2,14,15,16). The lowest BCUT2D eigenvalue weighted by Gasteiger charge is -2.02. The maximum Gasteiger partial charge on any atom is 0.332 e. The highest BCUT2D eigenvalue weighted by Gasteiger charge is 2.12. The highest BCUT2D eigenvalue weighted by atomic mass is 16.2. The monoisotopic (exact) mass is 280 g/mol. The number of rotatable bonds is 6. The van der Waals surface area contributed by atoms with E-state index in [4.69, 9.17) is 0 Å². The van der Waals surface area contributed by atoms with Crippen molar-refractivity contribution in [1.82, 2.24) is 24.4 Å². The van der Waals surface area contributed by atoms with E-state index in [1.54, 1.807) is 7.05 Å². The van der Waals surface area contributed by atoms with Crippen LogP contribution in [0.4, 0.5) is 5.95 Å². The van der Waals surface area contributed by atoms with Gasteiger partial charge in [-0.05, 0) is 19.5 Å². The summed E-state index contributed by atoms with van der Waals surface area (Å²) in [5, 5.41) is 6.34. The predicted octanol–water partition coefficient (Wildman–Crippen LogP) is -0.628. The number of fused-ring (bicyclic) bond motifs is 1. The number of H-pyrrole nitrogens is 1. The van der Waals surface area contributed by atoms with Crippen LogP contribution in [0.2, 0.25) is 0 Å². The van der Waals surface area contributed by atoms with E-state index < -0.39 is 0 Å². The fourth-order valence-corrected chi connectivity index (χ4v) is 2.01. The third-order valence-corrected chi connectivity index (χ3v) is 3.17. The Hall–Kier alpha value is -2.09. The second-order valence-corrected chi connectivity index (χ2v) is 4.62. The van der Waals surface area contributed by atoms with Crippen molar-refractivity contribution < 1.29 is 0 Å². The fraction of sp³-hybridized carbons (Fsp3) is 0.583. The van der Waals surface area contributed by atoms with Gasteiger partial charge in [-0.25, -0.2) is 4.79 Å². The molecule has 0 saturated carbocycles. The van der Waals surface area contributed by atoms with Crippen molar-refractivity contribution in [3.05, 3.63) is 20.8 Å². The highest BCUT2D eigenvalue weighted by molar-refractivity contribution is 5.72. The number of hydrogen-bond acceptors (Lipinski definition) is 5. The highest BCUT2D eigenvalue weighted by Crippen LogP contribution is 2.07. The number of nitrogens with zero attached hydrogens (tertiary/aromatic N) is 3. The van der Waals surface area contributed by atoms with Gasteiger partial charge in [0.15, 0.2) is 11.2 Å². The van der Waals surface area contributed by atoms with Crippen molar-refractivity contribution in [2.45, 2.75) is 13.3 Å². The van der Waals surface area contributed by atoms with E-state index in [1.165, 1.54) is 11.6 Å². The summed E-state index contributed by atoms with van der Waals surface area (Å²) in [6.07, 6.45) is 0.946. The van der Waals surface area contributed by atoms with Gasteiger partial charge in [0.1, 0.15) is 0 Å². The Morgan fingerprint density at radius 1 is 1.20 bits per heavy atom. The number of imidazole rings is 1. The second kappa shape index (κ2) is 5.91. The summed E-state index contributed by atoms with van der Waals surface area (Å²) >= 11 is 0. The third-order valence-electron chi connectivity index (χ3n) is 3.17. The first-order chi connectivity index (χ1) is 9.56. The molecule has 0 aromatic carbocycles. The van der Waals surface area contributed by atoms with Gasteiger partial charge in [-0.3, -0.25) is 13.9 Å². The Balaban J connectivity index is 2.22. The van der Waals surface area contributed by atoms with Crippen LogP contribution < -0.4 is 21.9 Å². The smallest absolute Gasteiger partial charge is 0.332 e. The first-order valence-electron chi connectivity index (χ1n) is 6.66. The number of nitrogens with one attached hydrogen (secondary N) is 3. The lowest BCUT2D eigenvalue weighted by atomic mass is 10.4. The molecule has 0 aliphatic carbocycles. The minimum absolute atomic E-state index is 0.337. The molecule has 2 aromatic heterocycles. The molecule has 2 aromatic rings. The van der Waals surface area contributed by atoms with Crippen LogP contribution in [0, 0.1) is 0 Å². The van der Waals surface area contributed by atoms with E-state index in [-0.39, 0.29) is 11.2 Å². The number of aromatic amines is 1. The number of aromatic nitrogens is 4. The summed E-state index contributed by atoms with van der Waals surface area (Å²) in [4.78, 5) is 30.9. The van der Waals surface area contributed by atoms with Gasteiger partial charge in [-0.2, -0.15) is 4.98 Å². The van der Waals surface area contributed by atoms with Crippen molar-refractivity contribution in [3.8, 4) is 0 Å². The molecule has 3 N–H and O–H groups in total. The molecule has 2 heterocycles. The minimum atomic E-state index is -0.382. The van der Waals surface area contributed by atoms with Gasteiger partial charge in [-0.1, -0.05) is 6.92 Å². The number of aryl methyl sites for hydroxylation is 1. The molecular formula is C12H20N6O2. The SMILES string of the molecule is CCNCCCNc1nc2c([nH]1)c(=O)n(C)c(=O)n2C. The molecule has 0 bridgehead atoms. The Labute approximate surface area is 115 Å². The molecule has 0 radical (unpaired) electrons. The predicted molar refractivity (Wildman–Crippen MR) is 78.2 cm³/mol. The Kier molecular flexibility index (Phi) is 4.23. The normalized spacial score (nSPS) is 11.2. The summed E-state index contributed by atoms with van der Waals surface area (Å²) in [5.74, 6) is 0.509. The summed E-state index contributed by atoms with van der Waals surface area (Å²) in [6.45, 7) is 4.66. The van der Waals surface area contributed by atoms with Crippen LogP contribution >= 0.6 is 0 Å². The molecule has 0 fully saturated rings. The van der Waals surface area contributed by atoms with Crippen LogP contribution in [0.5, 0.6) is 0 Å². The van der Waals surface area contributed by atoms with Crippen molar-refractivity contribution in [3.63, 3.8) is 0 Å². The molecule has 8 nitrogen and oxygen atoms in total. The van der Waals surface area contributed by atoms with Crippen molar-refractivity contribution in [2.75, 3.05) is 25.0 Å². The molecule has 0 atom stereocenters. The molecule has 0 aliphatic rings. The molecule has 2 rings (SSSR count). The van der Waals surface area contributed by atoms with E-state index in [0.717, 1.165) is 30.6 Å². The zero-order chi connectivity index (χ0) is 14.7. The molecule has 0 spiro atoms. The molecule has 20 heavy (non-hydrogen) atoms. The van der Waals surface area contributed by atoms with Gasteiger partial charge in [0.05, 0.1) is 0 Å². The zero-order valence-corrected chi connectivity index (χ0v) is 12.0. The van der Waals surface area contributed by atoms with Crippen LogP contribution in [0.1, 0.15) is 13.3 Å². The van der Waals surface area contributed by atoms with Crippen LogP contribution in [-0.2, 0) is 14.1 Å². The molecule has 0 aliphatic heterocycles. The van der Waals surface area contributed by atoms with Crippen molar-refractivity contribution in [2.24, 2.45) is 14.1 Å². The van der Waals surface area contributed by atoms with Crippen LogP contribution in [0.3, 0.4) is 0 Å². The molecule has 0 unspecified atom stereocenters. The first kappa shape index (κ1) is 14.3. The first-order valence-corrected chi connectivity index (χ1v) is 6.66. The molecule has 0 amide bonds. The van der Waals surface area contributed by atoms with Gasteiger partial charge >= 0.3 is 5.69 Å². The summed E-state index contributed by atoms with van der Waals surface area (Å²) < 4.78 is 2.42. The number of hydrogen-bond donors (Lipinski definition) is 3. The lowest BCUT2D eigenvalue weighted by Crippen LogP contribution is -2.36. The van der Waals surface area contributed by atoms with E-state index in [2.05, 4.69) is 27.5 Å². The Bertz CT molecular complexity index is 711. The topological polar surface area (TPSA) is 96.7 Å². The van der Waals surface area contributed by atoms with Crippen molar-refractivity contribution in [1.29, 1.82) is 0 Å². The zero-order valence-electron chi connectivity index (χ0n) is 12.0. The average Bonchev–Trinajstić information content (AvgIpc) is 2.87. The van der Waals surface area contributed by atoms with Crippen LogP contribution in [0.25, 0.3) is 11.2 Å². The Morgan fingerprint density at radius 3 is 2.65 bits per heavy atom. The molecular weight excluding hydrogens is 260 g/mol. The fourth-order valence-electron chi connectivity index (χ4n) is 2.01. The van der Waals surface area contributed by atoms with Gasteiger partial charge in [0.25, 0.3) is 5.56 Å². The third kappa shape index (κ3) is 2.60. The van der Waals surface area contributed by atoms with Gasteiger partial charge in [0, 0.05) is 20.6 Å². The van der Waals surface area contributed by atoms with Crippen molar-refractivity contribution >= 4 is 17.1 Å². The largest absolute Gasteiger partial charge is 0.356 e. The molecule has 110 valence electrons. The second-order valence-electron chi connectivity index (χ2n) is 4.62. The van der Waals surface area contributed by atoms with E-state index >= 15 is 0 Å². The Morgan fingerprint density at radius 2 is 1.95 bits per heavy atom. The van der Waals surface area contributed by atoms with E-state index in [9.17, 15) is 9.59 Å². The summed E-state index contributed by atoms with van der Waals surface area (Å²) in [7, 11) is 3.05. The lowest BCUT2D eigenvalue weighted by molar-refractivity contribution is 0.687. The van der Waals surface area contributed by atoms with E-state index in [1.807, 2.05) is 0 Å². The van der Waals surface area contributed by atoms with Gasteiger partial charge in [-0.15, -0.1) is 0 Å². The maximum absolute atomic E-state index is 12.0. The van der Waals surface area contributed by atoms with Gasteiger partial charge < -0.3 is 15.6 Å². The molecule has 0 saturated heterocycles.